The average molecular weight is 167 g/mol. The maximum Gasteiger partial charge on any atom is 0.0468 e. The molecule has 1 heteroatoms. The lowest BCUT2D eigenvalue weighted by atomic mass is 10.1. The van der Waals surface area contributed by atoms with Gasteiger partial charge in [0.1, 0.15) is 0 Å². The monoisotopic (exact) mass is 167 g/mol. The third kappa shape index (κ3) is 6.14. The van der Waals surface area contributed by atoms with Crippen molar-refractivity contribution in [2.24, 2.45) is 10.9 Å². The SMILES string of the molecule is CCC(C)/C=C\C=NC(C)CC. The predicted molar refractivity (Wildman–Crippen MR) is 56.8 cm³/mol. The van der Waals surface area contributed by atoms with Crippen LogP contribution in [0.25, 0.3) is 0 Å². The Labute approximate surface area is 76.6 Å². The summed E-state index contributed by atoms with van der Waals surface area (Å²) in [4.78, 5) is 4.34. The maximum atomic E-state index is 4.34. The number of hydrogen-bond acceptors (Lipinski definition) is 1. The van der Waals surface area contributed by atoms with Gasteiger partial charge in [-0.1, -0.05) is 33.3 Å². The zero-order valence-corrected chi connectivity index (χ0v) is 8.75. The molecule has 0 spiro atoms. The van der Waals surface area contributed by atoms with E-state index < -0.39 is 0 Å². The maximum absolute atomic E-state index is 4.34. The van der Waals surface area contributed by atoms with Crippen LogP contribution < -0.4 is 0 Å². The molecule has 0 fully saturated rings. The van der Waals surface area contributed by atoms with E-state index >= 15 is 0 Å². The minimum Gasteiger partial charge on any atom is -0.290 e. The highest BCUT2D eigenvalue weighted by Crippen LogP contribution is 2.00. The molecule has 0 N–H and O–H groups in total. The highest BCUT2D eigenvalue weighted by Gasteiger charge is 1.90. The van der Waals surface area contributed by atoms with Gasteiger partial charge in [-0.25, -0.2) is 0 Å². The summed E-state index contributed by atoms with van der Waals surface area (Å²) < 4.78 is 0. The number of hydrogen-bond donors (Lipinski definition) is 0. The van der Waals surface area contributed by atoms with E-state index in [2.05, 4.69) is 44.8 Å². The van der Waals surface area contributed by atoms with Gasteiger partial charge in [0, 0.05) is 12.3 Å². The fraction of sp³-hybridized carbons (Fsp3) is 0.727. The van der Waals surface area contributed by atoms with Crippen molar-refractivity contribution < 1.29 is 0 Å². The van der Waals surface area contributed by atoms with Crippen molar-refractivity contribution in [2.75, 3.05) is 0 Å². The van der Waals surface area contributed by atoms with Crippen LogP contribution in [-0.2, 0) is 0 Å². The normalized spacial score (nSPS) is 17.3. The molecule has 12 heavy (non-hydrogen) atoms. The molecule has 2 unspecified atom stereocenters. The Morgan fingerprint density at radius 3 is 2.33 bits per heavy atom. The molecule has 70 valence electrons. The van der Waals surface area contributed by atoms with Crippen LogP contribution in [0.4, 0.5) is 0 Å². The Hall–Kier alpha value is -0.590. The average Bonchev–Trinajstić information content (AvgIpc) is 2.11. The van der Waals surface area contributed by atoms with Crippen LogP contribution in [0.1, 0.15) is 40.5 Å². The quantitative estimate of drug-likeness (QED) is 0.556. The van der Waals surface area contributed by atoms with Gasteiger partial charge in [0.2, 0.25) is 0 Å². The lowest BCUT2D eigenvalue weighted by molar-refractivity contribution is 0.698. The Kier molecular flexibility index (Phi) is 6.73. The van der Waals surface area contributed by atoms with Crippen LogP contribution in [0.15, 0.2) is 17.1 Å². The van der Waals surface area contributed by atoms with Gasteiger partial charge in [-0.05, 0) is 25.3 Å². The number of nitrogens with zero attached hydrogens (tertiary/aromatic N) is 1. The van der Waals surface area contributed by atoms with Crippen LogP contribution >= 0.6 is 0 Å². The largest absolute Gasteiger partial charge is 0.290 e. The third-order valence-electron chi connectivity index (χ3n) is 2.10. The summed E-state index contributed by atoms with van der Waals surface area (Å²) in [5.74, 6) is 0.674. The van der Waals surface area contributed by atoms with Gasteiger partial charge in [0.05, 0.1) is 0 Å². The summed E-state index contributed by atoms with van der Waals surface area (Å²) in [7, 11) is 0. The molecule has 0 rings (SSSR count). The van der Waals surface area contributed by atoms with Gasteiger partial charge in [-0.2, -0.15) is 0 Å². The van der Waals surface area contributed by atoms with Crippen molar-refractivity contribution in [1.82, 2.24) is 0 Å². The summed E-state index contributed by atoms with van der Waals surface area (Å²) in [5.41, 5.74) is 0. The summed E-state index contributed by atoms with van der Waals surface area (Å²) >= 11 is 0. The summed E-state index contributed by atoms with van der Waals surface area (Å²) in [5, 5.41) is 0. The molecule has 0 aromatic carbocycles. The standard InChI is InChI=1S/C11H21N/c1-5-10(3)8-7-9-12-11(4)6-2/h7-11H,5-6H2,1-4H3/b8-7-,12-9?. The van der Waals surface area contributed by atoms with E-state index in [0.717, 1.165) is 6.42 Å². The fourth-order valence-corrected chi connectivity index (χ4v) is 0.677. The Morgan fingerprint density at radius 1 is 1.17 bits per heavy atom. The topological polar surface area (TPSA) is 12.4 Å². The second-order valence-electron chi connectivity index (χ2n) is 3.33. The fourth-order valence-electron chi connectivity index (χ4n) is 0.677. The molecule has 0 saturated carbocycles. The summed E-state index contributed by atoms with van der Waals surface area (Å²) in [6.07, 6.45) is 8.49. The smallest absolute Gasteiger partial charge is 0.0468 e. The van der Waals surface area contributed by atoms with Gasteiger partial charge < -0.3 is 0 Å². The van der Waals surface area contributed by atoms with Gasteiger partial charge in [0.25, 0.3) is 0 Å². The highest BCUT2D eigenvalue weighted by molar-refractivity contribution is 5.71. The Bertz CT molecular complexity index is 129. The third-order valence-corrected chi connectivity index (χ3v) is 2.10. The van der Waals surface area contributed by atoms with Gasteiger partial charge >= 0.3 is 0 Å². The summed E-state index contributed by atoms with van der Waals surface area (Å²) in [6, 6.07) is 0.464. The first-order valence-corrected chi connectivity index (χ1v) is 4.90. The van der Waals surface area contributed by atoms with Crippen molar-refractivity contribution in [1.29, 1.82) is 0 Å². The van der Waals surface area contributed by atoms with Gasteiger partial charge in [-0.15, -0.1) is 0 Å². The van der Waals surface area contributed by atoms with Crippen molar-refractivity contribution in [3.05, 3.63) is 12.2 Å². The molecule has 0 radical (unpaired) electrons. The molecule has 1 nitrogen and oxygen atoms in total. The van der Waals surface area contributed by atoms with Crippen LogP contribution in [0.2, 0.25) is 0 Å². The molecule has 0 heterocycles. The second kappa shape index (κ2) is 7.08. The molecule has 0 aromatic heterocycles. The van der Waals surface area contributed by atoms with E-state index in [9.17, 15) is 0 Å². The van der Waals surface area contributed by atoms with Crippen LogP contribution in [0, 0.1) is 5.92 Å². The minimum absolute atomic E-state index is 0.464. The van der Waals surface area contributed by atoms with Crippen molar-refractivity contribution in [3.8, 4) is 0 Å². The first kappa shape index (κ1) is 11.4. The first-order chi connectivity index (χ1) is 5.70. The lowest BCUT2D eigenvalue weighted by Crippen LogP contribution is -1.93. The highest BCUT2D eigenvalue weighted by atomic mass is 14.7. The summed E-state index contributed by atoms with van der Waals surface area (Å²) in [6.45, 7) is 8.70. The van der Waals surface area contributed by atoms with Gasteiger partial charge in [0.15, 0.2) is 0 Å². The van der Waals surface area contributed by atoms with E-state index in [1.807, 2.05) is 6.21 Å². The molecule has 0 bridgehead atoms. The molecule has 2 atom stereocenters. The number of aliphatic imine (C=N–C) groups is 1. The number of rotatable bonds is 5. The van der Waals surface area contributed by atoms with Crippen LogP contribution in [-0.4, -0.2) is 12.3 Å². The lowest BCUT2D eigenvalue weighted by Gasteiger charge is -1.99. The number of allylic oxidation sites excluding steroid dienone is 2. The Balaban J connectivity index is 3.65. The molecule has 0 amide bonds. The molecular formula is C11H21N. The zero-order chi connectivity index (χ0) is 9.40. The van der Waals surface area contributed by atoms with E-state index in [-0.39, 0.29) is 0 Å². The minimum atomic E-state index is 0.464. The van der Waals surface area contributed by atoms with Crippen LogP contribution in [0.3, 0.4) is 0 Å². The van der Waals surface area contributed by atoms with E-state index in [1.165, 1.54) is 6.42 Å². The van der Waals surface area contributed by atoms with Crippen LogP contribution in [0.5, 0.6) is 0 Å². The molecule has 0 aliphatic rings. The molecule has 0 aliphatic heterocycles. The Morgan fingerprint density at radius 2 is 1.83 bits per heavy atom. The molecule has 0 aromatic rings. The zero-order valence-electron chi connectivity index (χ0n) is 8.75. The molecule has 0 aliphatic carbocycles. The van der Waals surface area contributed by atoms with Crippen molar-refractivity contribution >= 4 is 6.21 Å². The first-order valence-electron chi connectivity index (χ1n) is 4.90. The van der Waals surface area contributed by atoms with E-state index in [1.54, 1.807) is 0 Å². The predicted octanol–water partition coefficient (Wildman–Crippen LogP) is 3.46. The second-order valence-corrected chi connectivity index (χ2v) is 3.33. The molecular weight excluding hydrogens is 146 g/mol. The van der Waals surface area contributed by atoms with Gasteiger partial charge in [-0.3, -0.25) is 4.99 Å². The van der Waals surface area contributed by atoms with E-state index in [0.29, 0.717) is 12.0 Å². The molecule has 0 saturated heterocycles. The van der Waals surface area contributed by atoms with Crippen molar-refractivity contribution in [3.63, 3.8) is 0 Å². The van der Waals surface area contributed by atoms with E-state index in [4.69, 9.17) is 0 Å². The van der Waals surface area contributed by atoms with Crippen molar-refractivity contribution in [2.45, 2.75) is 46.6 Å².